The SMILES string of the molecule is CC1[C@H](Cl)CCN1C. The normalized spacial score (nSPS) is 40.9. The first-order chi connectivity index (χ1) is 3.72. The Hall–Kier alpha value is 0.250. The molecule has 0 radical (unpaired) electrons. The number of likely N-dealkylation sites (tertiary alicyclic amines) is 1. The largest absolute Gasteiger partial charge is 0.302 e. The smallest absolute Gasteiger partial charge is 0.0500 e. The van der Waals surface area contributed by atoms with Crippen molar-refractivity contribution in [2.45, 2.75) is 24.8 Å². The summed E-state index contributed by atoms with van der Waals surface area (Å²) < 4.78 is 0. The summed E-state index contributed by atoms with van der Waals surface area (Å²) in [6, 6.07) is 0.580. The fourth-order valence-electron chi connectivity index (χ4n) is 1.05. The maximum absolute atomic E-state index is 5.92. The molecule has 8 heavy (non-hydrogen) atoms. The van der Waals surface area contributed by atoms with Crippen LogP contribution in [-0.2, 0) is 0 Å². The molecule has 0 aromatic rings. The maximum Gasteiger partial charge on any atom is 0.0500 e. The number of rotatable bonds is 0. The Labute approximate surface area is 55.6 Å². The predicted octanol–water partition coefficient (Wildman–Crippen LogP) is 1.32. The zero-order valence-electron chi connectivity index (χ0n) is 5.39. The molecule has 2 heteroatoms. The van der Waals surface area contributed by atoms with Crippen LogP contribution in [0.5, 0.6) is 0 Å². The molecular formula is C6H12ClN. The average molecular weight is 134 g/mol. The third-order valence-corrected chi connectivity index (χ3v) is 2.56. The van der Waals surface area contributed by atoms with Crippen LogP contribution in [0, 0.1) is 0 Å². The molecule has 1 unspecified atom stereocenters. The highest BCUT2D eigenvalue weighted by Crippen LogP contribution is 2.19. The fourth-order valence-corrected chi connectivity index (χ4v) is 1.34. The first-order valence-corrected chi connectivity index (χ1v) is 3.50. The van der Waals surface area contributed by atoms with Gasteiger partial charge in [0.15, 0.2) is 0 Å². The fraction of sp³-hybridized carbons (Fsp3) is 1.00. The van der Waals surface area contributed by atoms with E-state index in [1.54, 1.807) is 0 Å². The van der Waals surface area contributed by atoms with Crippen LogP contribution in [0.1, 0.15) is 13.3 Å². The molecule has 0 N–H and O–H groups in total. The molecule has 1 aliphatic heterocycles. The Bertz CT molecular complexity index is 74.6. The van der Waals surface area contributed by atoms with E-state index in [0.29, 0.717) is 11.4 Å². The molecule has 1 heterocycles. The molecule has 48 valence electrons. The van der Waals surface area contributed by atoms with Crippen LogP contribution < -0.4 is 0 Å². The summed E-state index contributed by atoms with van der Waals surface area (Å²) in [6.07, 6.45) is 1.15. The van der Waals surface area contributed by atoms with Crippen LogP contribution in [0.3, 0.4) is 0 Å². The summed E-state index contributed by atoms with van der Waals surface area (Å²) in [5, 5.41) is 0.389. The van der Waals surface area contributed by atoms with E-state index >= 15 is 0 Å². The van der Waals surface area contributed by atoms with Crippen molar-refractivity contribution >= 4 is 11.6 Å². The third-order valence-electron chi connectivity index (χ3n) is 1.98. The van der Waals surface area contributed by atoms with Gasteiger partial charge < -0.3 is 4.90 Å². The van der Waals surface area contributed by atoms with Gasteiger partial charge in [-0.25, -0.2) is 0 Å². The number of halogens is 1. The van der Waals surface area contributed by atoms with Crippen molar-refractivity contribution in [3.8, 4) is 0 Å². The lowest BCUT2D eigenvalue weighted by molar-refractivity contribution is 0.332. The molecular weight excluding hydrogens is 122 g/mol. The molecule has 0 spiro atoms. The number of alkyl halides is 1. The lowest BCUT2D eigenvalue weighted by Gasteiger charge is -2.15. The van der Waals surface area contributed by atoms with Gasteiger partial charge in [0.05, 0.1) is 5.38 Å². The molecule has 2 atom stereocenters. The van der Waals surface area contributed by atoms with Gasteiger partial charge in [0.2, 0.25) is 0 Å². The van der Waals surface area contributed by atoms with Crippen LogP contribution in [0.15, 0.2) is 0 Å². The highest BCUT2D eigenvalue weighted by molar-refractivity contribution is 6.21. The molecule has 1 aliphatic rings. The molecule has 1 fully saturated rings. The highest BCUT2D eigenvalue weighted by Gasteiger charge is 2.25. The molecule has 1 saturated heterocycles. The molecule has 0 aromatic carbocycles. The van der Waals surface area contributed by atoms with Gasteiger partial charge in [0, 0.05) is 6.04 Å². The summed E-state index contributed by atoms with van der Waals surface area (Å²) in [6.45, 7) is 3.33. The first-order valence-electron chi connectivity index (χ1n) is 3.06. The first kappa shape index (κ1) is 6.37. The van der Waals surface area contributed by atoms with E-state index < -0.39 is 0 Å². The van der Waals surface area contributed by atoms with Gasteiger partial charge in [-0.2, -0.15) is 0 Å². The molecule has 1 rings (SSSR count). The van der Waals surface area contributed by atoms with Crippen molar-refractivity contribution in [2.24, 2.45) is 0 Å². The van der Waals surface area contributed by atoms with Gasteiger partial charge in [-0.15, -0.1) is 11.6 Å². The van der Waals surface area contributed by atoms with Gasteiger partial charge in [-0.3, -0.25) is 0 Å². The van der Waals surface area contributed by atoms with Crippen LogP contribution in [0.25, 0.3) is 0 Å². The Morgan fingerprint density at radius 2 is 2.25 bits per heavy atom. The zero-order valence-corrected chi connectivity index (χ0v) is 6.15. The van der Waals surface area contributed by atoms with E-state index in [2.05, 4.69) is 18.9 Å². The lowest BCUT2D eigenvalue weighted by atomic mass is 10.2. The van der Waals surface area contributed by atoms with Gasteiger partial charge in [-0.1, -0.05) is 0 Å². The zero-order chi connectivity index (χ0) is 6.15. The van der Waals surface area contributed by atoms with E-state index in [1.165, 1.54) is 0 Å². The Morgan fingerprint density at radius 3 is 2.38 bits per heavy atom. The lowest BCUT2D eigenvalue weighted by Crippen LogP contribution is -2.25. The number of hydrogen-bond acceptors (Lipinski definition) is 1. The summed E-state index contributed by atoms with van der Waals surface area (Å²) in [5.74, 6) is 0. The van der Waals surface area contributed by atoms with Crippen LogP contribution in [0.2, 0.25) is 0 Å². The second-order valence-corrected chi connectivity index (χ2v) is 3.09. The third kappa shape index (κ3) is 0.981. The topological polar surface area (TPSA) is 3.24 Å². The molecule has 0 aliphatic carbocycles. The summed E-state index contributed by atoms with van der Waals surface area (Å²) in [7, 11) is 2.12. The van der Waals surface area contributed by atoms with Gasteiger partial charge in [-0.05, 0) is 26.9 Å². The minimum absolute atomic E-state index is 0.389. The highest BCUT2D eigenvalue weighted by atomic mass is 35.5. The van der Waals surface area contributed by atoms with Crippen LogP contribution >= 0.6 is 11.6 Å². The molecule has 1 nitrogen and oxygen atoms in total. The second kappa shape index (κ2) is 2.24. The minimum Gasteiger partial charge on any atom is -0.302 e. The summed E-state index contributed by atoms with van der Waals surface area (Å²) >= 11 is 5.92. The standard InChI is InChI=1S/C6H12ClN/c1-5-6(7)3-4-8(5)2/h5-6H,3-4H2,1-2H3/t5?,6-/m1/s1. The Kier molecular flexibility index (Phi) is 1.78. The molecule has 0 amide bonds. The number of hydrogen-bond donors (Lipinski definition) is 0. The second-order valence-electron chi connectivity index (χ2n) is 2.53. The van der Waals surface area contributed by atoms with Crippen molar-refractivity contribution in [2.75, 3.05) is 13.6 Å². The molecule has 0 saturated carbocycles. The van der Waals surface area contributed by atoms with Crippen molar-refractivity contribution in [1.29, 1.82) is 0 Å². The van der Waals surface area contributed by atoms with Crippen molar-refractivity contribution in [3.63, 3.8) is 0 Å². The summed E-state index contributed by atoms with van der Waals surface area (Å²) in [5.41, 5.74) is 0. The van der Waals surface area contributed by atoms with Crippen molar-refractivity contribution in [3.05, 3.63) is 0 Å². The maximum atomic E-state index is 5.92. The predicted molar refractivity (Wildman–Crippen MR) is 36.3 cm³/mol. The minimum atomic E-state index is 0.389. The van der Waals surface area contributed by atoms with Gasteiger partial charge in [0.1, 0.15) is 0 Å². The average Bonchev–Trinajstić information content (AvgIpc) is 1.98. The van der Waals surface area contributed by atoms with Gasteiger partial charge >= 0.3 is 0 Å². The Morgan fingerprint density at radius 1 is 1.62 bits per heavy atom. The van der Waals surface area contributed by atoms with E-state index in [-0.39, 0.29) is 0 Å². The quantitative estimate of drug-likeness (QED) is 0.451. The van der Waals surface area contributed by atoms with Crippen molar-refractivity contribution < 1.29 is 0 Å². The number of nitrogens with zero attached hydrogens (tertiary/aromatic N) is 1. The van der Waals surface area contributed by atoms with Gasteiger partial charge in [0.25, 0.3) is 0 Å². The van der Waals surface area contributed by atoms with E-state index in [0.717, 1.165) is 13.0 Å². The van der Waals surface area contributed by atoms with E-state index in [4.69, 9.17) is 11.6 Å². The monoisotopic (exact) mass is 133 g/mol. The van der Waals surface area contributed by atoms with E-state index in [1.807, 2.05) is 0 Å². The molecule has 0 aromatic heterocycles. The van der Waals surface area contributed by atoms with E-state index in [9.17, 15) is 0 Å². The summed E-state index contributed by atoms with van der Waals surface area (Å²) in [4.78, 5) is 2.29. The Balaban J connectivity index is 2.44. The van der Waals surface area contributed by atoms with Crippen molar-refractivity contribution in [1.82, 2.24) is 4.90 Å². The van der Waals surface area contributed by atoms with Crippen LogP contribution in [-0.4, -0.2) is 29.9 Å². The molecule has 0 bridgehead atoms. The van der Waals surface area contributed by atoms with Crippen LogP contribution in [0.4, 0.5) is 0 Å².